The van der Waals surface area contributed by atoms with Crippen LogP contribution in [0.4, 0.5) is 27.6 Å². The van der Waals surface area contributed by atoms with Crippen molar-refractivity contribution >= 4 is 5.69 Å². The van der Waals surface area contributed by atoms with Crippen LogP contribution in [-0.4, -0.2) is 19.7 Å². The predicted molar refractivity (Wildman–Crippen MR) is 63.1 cm³/mol. The van der Waals surface area contributed by atoms with Crippen LogP contribution in [0, 0.1) is 17.0 Å². The average Bonchev–Trinajstić information content (AvgIpc) is 2.83. The molecule has 0 unspecified atom stereocenters. The molecule has 0 aliphatic rings. The first-order chi connectivity index (χ1) is 10.1. The third-order valence-electron chi connectivity index (χ3n) is 2.72. The second-order valence-corrected chi connectivity index (χ2v) is 4.24. The average molecular weight is 322 g/mol. The zero-order valence-electron chi connectivity index (χ0n) is 10.8. The molecule has 0 bridgehead atoms. The number of nitrogens with zero attached hydrogens (tertiary/aromatic N) is 4. The Hall–Kier alpha value is -2.59. The summed E-state index contributed by atoms with van der Waals surface area (Å²) >= 11 is 0. The van der Waals surface area contributed by atoms with Gasteiger partial charge in [-0.25, -0.2) is 4.98 Å². The van der Waals surface area contributed by atoms with Crippen LogP contribution >= 0.6 is 0 Å². The lowest BCUT2D eigenvalue weighted by molar-refractivity contribution is -0.385. The number of hydrogen-bond donors (Lipinski definition) is 0. The molecule has 1 heterocycles. The van der Waals surface area contributed by atoms with Crippen molar-refractivity contribution in [3.8, 4) is 11.4 Å². The lowest BCUT2D eigenvalue weighted by Crippen LogP contribution is -2.16. The summed E-state index contributed by atoms with van der Waals surface area (Å²) in [5.41, 5.74) is -0.148. The number of halogens is 5. The molecule has 0 fully saturated rings. The summed E-state index contributed by atoms with van der Waals surface area (Å²) in [5, 5.41) is 13.8. The Bertz CT molecular complexity index is 726. The zero-order chi connectivity index (χ0) is 16.7. The van der Waals surface area contributed by atoms with E-state index in [1.165, 1.54) is 6.92 Å². The lowest BCUT2D eigenvalue weighted by atomic mass is 10.1. The Labute approximate surface area is 119 Å². The van der Waals surface area contributed by atoms with Crippen LogP contribution in [-0.2, 0) is 6.18 Å². The van der Waals surface area contributed by atoms with Gasteiger partial charge in [-0.05, 0) is 19.1 Å². The minimum Gasteiger partial charge on any atom is -0.258 e. The van der Waals surface area contributed by atoms with Gasteiger partial charge < -0.3 is 0 Å². The molecule has 0 saturated heterocycles. The second-order valence-electron chi connectivity index (χ2n) is 4.24. The van der Waals surface area contributed by atoms with Crippen molar-refractivity contribution in [2.24, 2.45) is 0 Å². The minimum absolute atomic E-state index is 0.0343. The van der Waals surface area contributed by atoms with Crippen molar-refractivity contribution in [2.75, 3.05) is 0 Å². The zero-order valence-corrected chi connectivity index (χ0v) is 10.8. The van der Waals surface area contributed by atoms with E-state index in [1.807, 2.05) is 0 Å². The van der Waals surface area contributed by atoms with Crippen molar-refractivity contribution in [1.82, 2.24) is 14.8 Å². The Morgan fingerprint density at radius 3 is 2.36 bits per heavy atom. The van der Waals surface area contributed by atoms with Crippen LogP contribution in [0.1, 0.15) is 17.9 Å². The van der Waals surface area contributed by atoms with Crippen LogP contribution in [0.3, 0.4) is 0 Å². The van der Waals surface area contributed by atoms with Gasteiger partial charge in [0.15, 0.2) is 5.82 Å². The first kappa shape index (κ1) is 15.8. The molecule has 0 saturated carbocycles. The molecule has 1 aromatic heterocycles. The summed E-state index contributed by atoms with van der Waals surface area (Å²) in [5.74, 6) is -2.43. The summed E-state index contributed by atoms with van der Waals surface area (Å²) in [4.78, 5) is 13.1. The number of nitro benzene ring substituents is 1. The molecular weight excluding hydrogens is 315 g/mol. The smallest absolute Gasteiger partial charge is 0.258 e. The molecular formula is C11H7F5N4O2. The number of rotatable bonds is 3. The lowest BCUT2D eigenvalue weighted by Gasteiger charge is -2.06. The molecule has 0 aliphatic heterocycles. The highest BCUT2D eigenvalue weighted by atomic mass is 19.4. The van der Waals surface area contributed by atoms with Gasteiger partial charge >= 0.3 is 12.7 Å². The fourth-order valence-corrected chi connectivity index (χ4v) is 1.77. The maximum Gasteiger partial charge on any atom is 0.451 e. The van der Waals surface area contributed by atoms with E-state index in [0.717, 1.165) is 18.2 Å². The molecule has 118 valence electrons. The number of aryl methyl sites for hydroxylation is 1. The number of benzene rings is 1. The summed E-state index contributed by atoms with van der Waals surface area (Å²) in [6.07, 6.45) is -5.10. The predicted octanol–water partition coefficient (Wildman–Crippen LogP) is 3.58. The van der Waals surface area contributed by atoms with Crippen LogP contribution < -0.4 is 0 Å². The standard InChI is InChI=1S/C11H7F5N4O2/c1-5-4-6(2-3-7(5)20(21)22)8-17-9(11(14,15)16)19(18-8)10(12)13/h2-4,10H,1H3. The van der Waals surface area contributed by atoms with E-state index in [-0.39, 0.29) is 16.8 Å². The van der Waals surface area contributed by atoms with Crippen molar-refractivity contribution in [2.45, 2.75) is 19.6 Å². The Morgan fingerprint density at radius 2 is 1.95 bits per heavy atom. The topological polar surface area (TPSA) is 73.8 Å². The summed E-state index contributed by atoms with van der Waals surface area (Å²) in [6.45, 7) is -2.16. The molecule has 2 rings (SSSR count). The summed E-state index contributed by atoms with van der Waals surface area (Å²) < 4.78 is 62.6. The van der Waals surface area contributed by atoms with Crippen LogP contribution in [0.15, 0.2) is 18.2 Å². The van der Waals surface area contributed by atoms with E-state index < -0.39 is 34.0 Å². The number of hydrogen-bond acceptors (Lipinski definition) is 4. The van der Waals surface area contributed by atoms with Crippen molar-refractivity contribution in [3.05, 3.63) is 39.7 Å². The van der Waals surface area contributed by atoms with Gasteiger partial charge in [0.1, 0.15) is 0 Å². The fourth-order valence-electron chi connectivity index (χ4n) is 1.77. The third kappa shape index (κ3) is 2.87. The van der Waals surface area contributed by atoms with E-state index in [4.69, 9.17) is 0 Å². The van der Waals surface area contributed by atoms with E-state index in [1.54, 1.807) is 0 Å². The van der Waals surface area contributed by atoms with E-state index in [2.05, 4.69) is 10.1 Å². The highest BCUT2D eigenvalue weighted by Gasteiger charge is 2.40. The molecule has 0 radical (unpaired) electrons. The van der Waals surface area contributed by atoms with E-state index in [0.29, 0.717) is 0 Å². The van der Waals surface area contributed by atoms with Gasteiger partial charge in [-0.2, -0.15) is 26.6 Å². The molecule has 0 atom stereocenters. The number of aromatic nitrogens is 3. The van der Waals surface area contributed by atoms with Crippen LogP contribution in [0.25, 0.3) is 11.4 Å². The van der Waals surface area contributed by atoms with Gasteiger partial charge in [0.05, 0.1) is 4.92 Å². The highest BCUT2D eigenvalue weighted by molar-refractivity contribution is 5.60. The molecule has 0 spiro atoms. The Kier molecular flexibility index (Phi) is 3.81. The van der Waals surface area contributed by atoms with Gasteiger partial charge in [-0.15, -0.1) is 5.10 Å². The number of nitro groups is 1. The van der Waals surface area contributed by atoms with E-state index >= 15 is 0 Å². The normalized spacial score (nSPS) is 12.0. The number of alkyl halides is 5. The Balaban J connectivity index is 2.54. The molecule has 6 nitrogen and oxygen atoms in total. The maximum atomic E-state index is 12.6. The second kappa shape index (κ2) is 5.31. The third-order valence-corrected chi connectivity index (χ3v) is 2.72. The quantitative estimate of drug-likeness (QED) is 0.492. The Morgan fingerprint density at radius 1 is 1.32 bits per heavy atom. The van der Waals surface area contributed by atoms with Gasteiger partial charge in [0.25, 0.3) is 5.69 Å². The monoisotopic (exact) mass is 322 g/mol. The maximum absolute atomic E-state index is 12.6. The van der Waals surface area contributed by atoms with Crippen molar-refractivity contribution < 1.29 is 26.9 Å². The fraction of sp³-hybridized carbons (Fsp3) is 0.273. The van der Waals surface area contributed by atoms with Crippen molar-refractivity contribution in [3.63, 3.8) is 0 Å². The molecule has 1 aromatic carbocycles. The molecule has 11 heteroatoms. The molecule has 0 amide bonds. The first-order valence-electron chi connectivity index (χ1n) is 5.68. The van der Waals surface area contributed by atoms with Gasteiger partial charge in [-0.3, -0.25) is 10.1 Å². The van der Waals surface area contributed by atoms with Crippen molar-refractivity contribution in [1.29, 1.82) is 0 Å². The van der Waals surface area contributed by atoms with Gasteiger partial charge in [-0.1, -0.05) is 0 Å². The first-order valence-corrected chi connectivity index (χ1v) is 5.68. The minimum atomic E-state index is -5.10. The summed E-state index contributed by atoms with van der Waals surface area (Å²) in [6, 6.07) is 3.29. The largest absolute Gasteiger partial charge is 0.451 e. The van der Waals surface area contributed by atoms with Gasteiger partial charge in [0, 0.05) is 17.2 Å². The SMILES string of the molecule is Cc1cc(-c2nc(C(F)(F)F)n(C(F)F)n2)ccc1[N+](=O)[O-]. The van der Waals surface area contributed by atoms with Gasteiger partial charge in [0.2, 0.25) is 5.82 Å². The highest BCUT2D eigenvalue weighted by Crippen LogP contribution is 2.32. The molecule has 2 aromatic rings. The van der Waals surface area contributed by atoms with Crippen LogP contribution in [0.2, 0.25) is 0 Å². The molecule has 22 heavy (non-hydrogen) atoms. The van der Waals surface area contributed by atoms with Crippen LogP contribution in [0.5, 0.6) is 0 Å². The molecule has 0 N–H and O–H groups in total. The summed E-state index contributed by atoms with van der Waals surface area (Å²) in [7, 11) is 0. The molecule has 0 aliphatic carbocycles. The van der Waals surface area contributed by atoms with E-state index in [9.17, 15) is 32.1 Å².